The topological polar surface area (TPSA) is 81.1 Å². The van der Waals surface area contributed by atoms with Crippen molar-refractivity contribution in [3.8, 4) is 0 Å². The predicted octanol–water partition coefficient (Wildman–Crippen LogP) is 2.42. The van der Waals surface area contributed by atoms with Crippen LogP contribution in [-0.2, 0) is 0 Å². The van der Waals surface area contributed by atoms with E-state index in [1.54, 1.807) is 0 Å². The van der Waals surface area contributed by atoms with Gasteiger partial charge in [0.15, 0.2) is 0 Å². The third-order valence-electron chi connectivity index (χ3n) is 4.77. The van der Waals surface area contributed by atoms with E-state index in [0.29, 0.717) is 17.9 Å². The van der Waals surface area contributed by atoms with Crippen molar-refractivity contribution >= 4 is 11.8 Å². The van der Waals surface area contributed by atoms with Gasteiger partial charge in [-0.2, -0.15) is 4.98 Å². The molecule has 0 radical (unpaired) electrons. The summed E-state index contributed by atoms with van der Waals surface area (Å²) in [6.45, 7) is 2.17. The van der Waals surface area contributed by atoms with Crippen LogP contribution in [0.25, 0.3) is 0 Å². The van der Waals surface area contributed by atoms with Crippen molar-refractivity contribution < 1.29 is 0 Å². The molecule has 0 spiro atoms. The molecule has 4 N–H and O–H groups in total. The van der Waals surface area contributed by atoms with Crippen LogP contribution in [0.3, 0.4) is 0 Å². The molecule has 1 aromatic heterocycles. The van der Waals surface area contributed by atoms with Gasteiger partial charge in [0.25, 0.3) is 0 Å². The summed E-state index contributed by atoms with van der Waals surface area (Å²) in [5.41, 5.74) is 12.9. The van der Waals surface area contributed by atoms with Gasteiger partial charge < -0.3 is 16.4 Å². The van der Waals surface area contributed by atoms with E-state index in [-0.39, 0.29) is 0 Å². The van der Waals surface area contributed by atoms with E-state index in [4.69, 9.17) is 11.5 Å². The quantitative estimate of drug-likeness (QED) is 0.874. The van der Waals surface area contributed by atoms with Gasteiger partial charge in [0.05, 0.1) is 5.69 Å². The molecule has 1 aliphatic heterocycles. The average Bonchev–Trinajstić information content (AvgIpc) is 2.56. The number of rotatable bonds is 2. The zero-order chi connectivity index (χ0) is 14.7. The van der Waals surface area contributed by atoms with Crippen LogP contribution >= 0.6 is 0 Å². The Labute approximate surface area is 127 Å². The van der Waals surface area contributed by atoms with E-state index >= 15 is 0 Å². The fourth-order valence-electron chi connectivity index (χ4n) is 3.40. The lowest BCUT2D eigenvalue weighted by molar-refractivity contribution is 0.345. The second kappa shape index (κ2) is 6.60. The summed E-state index contributed by atoms with van der Waals surface area (Å²) in [6.07, 6.45) is 9.91. The molecule has 1 saturated carbocycles. The number of hydrogen-bond donors (Lipinski definition) is 2. The van der Waals surface area contributed by atoms with Crippen molar-refractivity contribution in [3.63, 3.8) is 0 Å². The molecule has 116 valence electrons. The van der Waals surface area contributed by atoms with Crippen LogP contribution < -0.4 is 16.4 Å². The highest BCUT2D eigenvalue weighted by Crippen LogP contribution is 2.36. The number of nitrogens with zero attached hydrogens (tertiary/aromatic N) is 3. The van der Waals surface area contributed by atoms with Crippen molar-refractivity contribution in [1.82, 2.24) is 9.97 Å². The monoisotopic (exact) mass is 289 g/mol. The maximum atomic E-state index is 5.94. The molecule has 0 amide bonds. The Bertz CT molecular complexity index is 460. The standard InChI is InChI=1S/C16H27N5/c17-13-9-12(10-13)14-11-15(20-16(18)19-14)21-7-5-3-1-2-4-6-8-21/h11-13H,1-10,17H2,(H2,18,19,20). The van der Waals surface area contributed by atoms with E-state index < -0.39 is 0 Å². The van der Waals surface area contributed by atoms with Gasteiger partial charge in [0.1, 0.15) is 5.82 Å². The maximum Gasteiger partial charge on any atom is 0.222 e. The Balaban J connectivity index is 1.76. The van der Waals surface area contributed by atoms with Crippen LogP contribution in [0.4, 0.5) is 11.8 Å². The van der Waals surface area contributed by atoms with E-state index in [2.05, 4.69) is 20.9 Å². The Morgan fingerprint density at radius 1 is 0.952 bits per heavy atom. The molecule has 3 rings (SSSR count). The third kappa shape index (κ3) is 3.64. The lowest BCUT2D eigenvalue weighted by Gasteiger charge is -2.32. The first kappa shape index (κ1) is 14.6. The van der Waals surface area contributed by atoms with Gasteiger partial charge in [-0.15, -0.1) is 0 Å². The number of nitrogen functional groups attached to an aromatic ring is 1. The molecule has 0 unspecified atom stereocenters. The maximum absolute atomic E-state index is 5.94. The first-order chi connectivity index (χ1) is 10.2. The summed E-state index contributed by atoms with van der Waals surface area (Å²) < 4.78 is 0. The van der Waals surface area contributed by atoms with Gasteiger partial charge in [0.2, 0.25) is 5.95 Å². The summed E-state index contributed by atoms with van der Waals surface area (Å²) in [6, 6.07) is 2.48. The molecule has 2 aliphatic rings. The smallest absolute Gasteiger partial charge is 0.222 e. The highest BCUT2D eigenvalue weighted by atomic mass is 15.2. The highest BCUT2D eigenvalue weighted by Gasteiger charge is 2.29. The SMILES string of the molecule is Nc1nc(C2CC(N)C2)cc(N2CCCCCCCC2)n1. The number of anilines is 2. The fraction of sp³-hybridized carbons (Fsp3) is 0.750. The number of nitrogens with two attached hydrogens (primary N) is 2. The van der Waals surface area contributed by atoms with E-state index in [1.165, 1.54) is 38.5 Å². The minimum absolute atomic E-state index is 0.333. The normalized spacial score (nSPS) is 27.4. The Morgan fingerprint density at radius 2 is 1.57 bits per heavy atom. The van der Waals surface area contributed by atoms with Gasteiger partial charge >= 0.3 is 0 Å². The Hall–Kier alpha value is -1.36. The van der Waals surface area contributed by atoms with E-state index in [9.17, 15) is 0 Å². The number of aromatic nitrogens is 2. The van der Waals surface area contributed by atoms with E-state index in [0.717, 1.165) is 37.4 Å². The largest absolute Gasteiger partial charge is 0.368 e. The summed E-state index contributed by atoms with van der Waals surface area (Å²) in [7, 11) is 0. The third-order valence-corrected chi connectivity index (χ3v) is 4.77. The average molecular weight is 289 g/mol. The molecule has 0 atom stereocenters. The summed E-state index contributed by atoms with van der Waals surface area (Å²) >= 11 is 0. The Kier molecular flexibility index (Phi) is 4.58. The van der Waals surface area contributed by atoms with Crippen molar-refractivity contribution in [2.45, 2.75) is 63.3 Å². The molecule has 1 saturated heterocycles. The van der Waals surface area contributed by atoms with Crippen LogP contribution in [0.5, 0.6) is 0 Å². The molecule has 0 bridgehead atoms. The molecular formula is C16H27N5. The van der Waals surface area contributed by atoms with Gasteiger partial charge in [-0.05, 0) is 25.7 Å². The van der Waals surface area contributed by atoms with Crippen LogP contribution in [0, 0.1) is 0 Å². The van der Waals surface area contributed by atoms with Crippen molar-refractivity contribution in [2.24, 2.45) is 5.73 Å². The van der Waals surface area contributed by atoms with Gasteiger partial charge in [-0.3, -0.25) is 0 Å². The summed E-state index contributed by atoms with van der Waals surface area (Å²) in [4.78, 5) is 11.3. The lowest BCUT2D eigenvalue weighted by atomic mass is 9.78. The van der Waals surface area contributed by atoms with Crippen LogP contribution in [0.1, 0.15) is 63.0 Å². The summed E-state index contributed by atoms with van der Waals surface area (Å²) in [5, 5.41) is 0. The summed E-state index contributed by atoms with van der Waals surface area (Å²) in [5.74, 6) is 1.89. The minimum atomic E-state index is 0.333. The molecule has 2 heterocycles. The van der Waals surface area contributed by atoms with Crippen molar-refractivity contribution in [1.29, 1.82) is 0 Å². The van der Waals surface area contributed by atoms with Gasteiger partial charge in [-0.25, -0.2) is 4.98 Å². The van der Waals surface area contributed by atoms with E-state index in [1.807, 2.05) is 0 Å². The molecule has 2 fully saturated rings. The minimum Gasteiger partial charge on any atom is -0.368 e. The van der Waals surface area contributed by atoms with Crippen LogP contribution in [0.2, 0.25) is 0 Å². The molecule has 1 aliphatic carbocycles. The first-order valence-electron chi connectivity index (χ1n) is 8.37. The molecule has 5 heteroatoms. The van der Waals surface area contributed by atoms with Gasteiger partial charge in [0, 0.05) is 31.1 Å². The zero-order valence-corrected chi connectivity index (χ0v) is 12.8. The zero-order valence-electron chi connectivity index (χ0n) is 12.8. The molecule has 0 aromatic carbocycles. The number of hydrogen-bond acceptors (Lipinski definition) is 5. The second-order valence-corrected chi connectivity index (χ2v) is 6.55. The molecule has 5 nitrogen and oxygen atoms in total. The van der Waals surface area contributed by atoms with Crippen LogP contribution in [0.15, 0.2) is 6.07 Å². The highest BCUT2D eigenvalue weighted by molar-refractivity contribution is 5.44. The molecular weight excluding hydrogens is 262 g/mol. The first-order valence-corrected chi connectivity index (χ1v) is 8.37. The predicted molar refractivity (Wildman–Crippen MR) is 86.3 cm³/mol. The van der Waals surface area contributed by atoms with Crippen LogP contribution in [-0.4, -0.2) is 29.1 Å². The molecule has 1 aromatic rings. The van der Waals surface area contributed by atoms with Gasteiger partial charge in [-0.1, -0.05) is 25.7 Å². The second-order valence-electron chi connectivity index (χ2n) is 6.55. The lowest BCUT2D eigenvalue weighted by Crippen LogP contribution is -2.35. The Morgan fingerprint density at radius 3 is 2.19 bits per heavy atom. The fourth-order valence-corrected chi connectivity index (χ4v) is 3.40. The van der Waals surface area contributed by atoms with Crippen molar-refractivity contribution in [2.75, 3.05) is 23.7 Å². The molecule has 21 heavy (non-hydrogen) atoms. The van der Waals surface area contributed by atoms with Crippen molar-refractivity contribution in [3.05, 3.63) is 11.8 Å².